The third-order valence-corrected chi connectivity index (χ3v) is 3.14. The van der Waals surface area contributed by atoms with Gasteiger partial charge >= 0.3 is 11.8 Å². The fourth-order valence-electron chi connectivity index (χ4n) is 1.87. The van der Waals surface area contributed by atoms with Gasteiger partial charge in [0.15, 0.2) is 0 Å². The highest BCUT2D eigenvalue weighted by Gasteiger charge is 2.14. The minimum Gasteiger partial charge on any atom is -0.378 e. The van der Waals surface area contributed by atoms with Gasteiger partial charge < -0.3 is 15.5 Å². The standard InChI is InChI=1S/C17H19N3O2/c1-12-7-9-13(10-8-12)18-16(21)17(22)19-14-5-4-6-15(11-14)20(2)3/h4-11H,1-3H3,(H,18,21)(H,19,22). The first-order valence-electron chi connectivity index (χ1n) is 6.92. The number of hydrogen-bond acceptors (Lipinski definition) is 3. The Labute approximate surface area is 129 Å². The van der Waals surface area contributed by atoms with E-state index in [0.717, 1.165) is 11.3 Å². The molecule has 0 aliphatic heterocycles. The Morgan fingerprint density at radius 3 is 2.05 bits per heavy atom. The van der Waals surface area contributed by atoms with E-state index in [1.54, 1.807) is 24.3 Å². The lowest BCUT2D eigenvalue weighted by Crippen LogP contribution is -2.29. The summed E-state index contributed by atoms with van der Waals surface area (Å²) in [5, 5.41) is 5.16. The zero-order chi connectivity index (χ0) is 16.1. The quantitative estimate of drug-likeness (QED) is 0.856. The molecule has 5 heteroatoms. The van der Waals surface area contributed by atoms with E-state index in [-0.39, 0.29) is 0 Å². The lowest BCUT2D eigenvalue weighted by molar-refractivity contribution is -0.132. The Kier molecular flexibility index (Phi) is 4.78. The molecule has 2 aromatic rings. The van der Waals surface area contributed by atoms with Crippen LogP contribution in [0.25, 0.3) is 0 Å². The minimum atomic E-state index is -0.698. The van der Waals surface area contributed by atoms with Crippen LogP contribution in [-0.2, 0) is 9.59 Å². The maximum Gasteiger partial charge on any atom is 0.314 e. The van der Waals surface area contributed by atoms with Crippen molar-refractivity contribution in [3.63, 3.8) is 0 Å². The number of aryl methyl sites for hydroxylation is 1. The molecular weight excluding hydrogens is 278 g/mol. The second-order valence-corrected chi connectivity index (χ2v) is 5.22. The lowest BCUT2D eigenvalue weighted by atomic mass is 10.2. The van der Waals surface area contributed by atoms with Crippen molar-refractivity contribution in [2.24, 2.45) is 0 Å². The van der Waals surface area contributed by atoms with Gasteiger partial charge in [-0.15, -0.1) is 0 Å². The Morgan fingerprint density at radius 1 is 0.864 bits per heavy atom. The molecule has 0 fully saturated rings. The third-order valence-electron chi connectivity index (χ3n) is 3.14. The summed E-state index contributed by atoms with van der Waals surface area (Å²) in [6.45, 7) is 1.95. The molecule has 2 rings (SSSR count). The first-order valence-corrected chi connectivity index (χ1v) is 6.92. The predicted molar refractivity (Wildman–Crippen MR) is 89.2 cm³/mol. The van der Waals surface area contributed by atoms with Crippen molar-refractivity contribution >= 4 is 28.9 Å². The molecule has 0 radical (unpaired) electrons. The summed E-state index contributed by atoms with van der Waals surface area (Å²) in [5.41, 5.74) is 3.20. The highest BCUT2D eigenvalue weighted by molar-refractivity contribution is 6.43. The highest BCUT2D eigenvalue weighted by Crippen LogP contribution is 2.17. The maximum atomic E-state index is 11.9. The molecule has 0 heterocycles. The number of hydrogen-bond donors (Lipinski definition) is 2. The van der Waals surface area contributed by atoms with Crippen molar-refractivity contribution in [3.8, 4) is 0 Å². The van der Waals surface area contributed by atoms with Gasteiger partial charge in [-0.1, -0.05) is 23.8 Å². The van der Waals surface area contributed by atoms with Crippen LogP contribution in [0.3, 0.4) is 0 Å². The number of rotatable bonds is 3. The molecule has 0 atom stereocenters. The zero-order valence-electron chi connectivity index (χ0n) is 12.9. The molecule has 2 N–H and O–H groups in total. The van der Waals surface area contributed by atoms with Gasteiger partial charge in [-0.3, -0.25) is 9.59 Å². The molecule has 2 aromatic carbocycles. The molecule has 114 valence electrons. The highest BCUT2D eigenvalue weighted by atomic mass is 16.2. The van der Waals surface area contributed by atoms with Gasteiger partial charge in [0.25, 0.3) is 0 Å². The van der Waals surface area contributed by atoms with Crippen LogP contribution in [0.15, 0.2) is 48.5 Å². The molecule has 0 spiro atoms. The number of anilines is 3. The summed E-state index contributed by atoms with van der Waals surface area (Å²) < 4.78 is 0. The van der Waals surface area contributed by atoms with Crippen LogP contribution in [-0.4, -0.2) is 25.9 Å². The number of benzene rings is 2. The van der Waals surface area contributed by atoms with E-state index in [9.17, 15) is 9.59 Å². The minimum absolute atomic E-state index is 0.579. The largest absolute Gasteiger partial charge is 0.378 e. The number of carbonyl (C=O) groups excluding carboxylic acids is 2. The first-order chi connectivity index (χ1) is 10.5. The molecule has 0 aliphatic rings. The van der Waals surface area contributed by atoms with E-state index in [1.165, 1.54) is 0 Å². The van der Waals surface area contributed by atoms with Crippen molar-refractivity contribution in [2.45, 2.75) is 6.92 Å². The Balaban J connectivity index is 2.00. The molecule has 2 amide bonds. The monoisotopic (exact) mass is 297 g/mol. The lowest BCUT2D eigenvalue weighted by Gasteiger charge is -2.14. The Bertz CT molecular complexity index is 679. The van der Waals surface area contributed by atoms with Crippen molar-refractivity contribution in [3.05, 3.63) is 54.1 Å². The van der Waals surface area contributed by atoms with Crippen LogP contribution in [0.1, 0.15) is 5.56 Å². The third kappa shape index (κ3) is 4.09. The van der Waals surface area contributed by atoms with E-state index in [0.29, 0.717) is 11.4 Å². The summed E-state index contributed by atoms with van der Waals surface area (Å²) >= 11 is 0. The number of nitrogens with one attached hydrogen (secondary N) is 2. The van der Waals surface area contributed by atoms with Gasteiger partial charge in [0.05, 0.1) is 0 Å². The summed E-state index contributed by atoms with van der Waals surface area (Å²) in [5.74, 6) is -1.39. The van der Waals surface area contributed by atoms with Crippen molar-refractivity contribution in [1.82, 2.24) is 0 Å². The van der Waals surface area contributed by atoms with Gasteiger partial charge in [0.1, 0.15) is 0 Å². The molecule has 0 saturated carbocycles. The summed E-state index contributed by atoms with van der Waals surface area (Å²) in [6, 6.07) is 14.5. The van der Waals surface area contributed by atoms with Gasteiger partial charge in [-0.05, 0) is 37.3 Å². The molecule has 22 heavy (non-hydrogen) atoms. The van der Waals surface area contributed by atoms with E-state index in [1.807, 2.05) is 50.2 Å². The summed E-state index contributed by atoms with van der Waals surface area (Å²) in [6.07, 6.45) is 0. The number of amides is 2. The van der Waals surface area contributed by atoms with Crippen molar-refractivity contribution < 1.29 is 9.59 Å². The van der Waals surface area contributed by atoms with Crippen molar-refractivity contribution in [2.75, 3.05) is 29.6 Å². The zero-order valence-corrected chi connectivity index (χ0v) is 12.9. The van der Waals surface area contributed by atoms with Crippen LogP contribution in [0.4, 0.5) is 17.1 Å². The van der Waals surface area contributed by atoms with Gasteiger partial charge in [0, 0.05) is 31.2 Å². The molecule has 0 unspecified atom stereocenters. The fraction of sp³-hybridized carbons (Fsp3) is 0.176. The second-order valence-electron chi connectivity index (χ2n) is 5.22. The van der Waals surface area contributed by atoms with Crippen LogP contribution < -0.4 is 15.5 Å². The normalized spacial score (nSPS) is 9.95. The van der Waals surface area contributed by atoms with Gasteiger partial charge in [0.2, 0.25) is 0 Å². The van der Waals surface area contributed by atoms with E-state index in [4.69, 9.17) is 0 Å². The topological polar surface area (TPSA) is 61.4 Å². The maximum absolute atomic E-state index is 11.9. The SMILES string of the molecule is Cc1ccc(NC(=O)C(=O)Nc2cccc(N(C)C)c2)cc1. The molecule has 0 saturated heterocycles. The number of carbonyl (C=O) groups is 2. The van der Waals surface area contributed by atoms with E-state index < -0.39 is 11.8 Å². The van der Waals surface area contributed by atoms with E-state index in [2.05, 4.69) is 10.6 Å². The number of nitrogens with zero attached hydrogens (tertiary/aromatic N) is 1. The second kappa shape index (κ2) is 6.76. The van der Waals surface area contributed by atoms with Crippen LogP contribution >= 0.6 is 0 Å². The Hall–Kier alpha value is -2.82. The summed E-state index contributed by atoms with van der Waals surface area (Å²) in [7, 11) is 3.82. The average molecular weight is 297 g/mol. The summed E-state index contributed by atoms with van der Waals surface area (Å²) in [4.78, 5) is 25.7. The molecule has 0 bridgehead atoms. The molecule has 0 aromatic heterocycles. The first kappa shape index (κ1) is 15.6. The van der Waals surface area contributed by atoms with Crippen LogP contribution in [0.2, 0.25) is 0 Å². The smallest absolute Gasteiger partial charge is 0.314 e. The molecule has 0 aliphatic carbocycles. The predicted octanol–water partition coefficient (Wildman–Crippen LogP) is 2.64. The van der Waals surface area contributed by atoms with Crippen molar-refractivity contribution in [1.29, 1.82) is 0 Å². The fourth-order valence-corrected chi connectivity index (χ4v) is 1.87. The molecular formula is C17H19N3O2. The van der Waals surface area contributed by atoms with Gasteiger partial charge in [-0.25, -0.2) is 0 Å². The van der Waals surface area contributed by atoms with Crippen LogP contribution in [0, 0.1) is 6.92 Å². The molecule has 5 nitrogen and oxygen atoms in total. The average Bonchev–Trinajstić information content (AvgIpc) is 2.49. The van der Waals surface area contributed by atoms with Gasteiger partial charge in [-0.2, -0.15) is 0 Å². The van der Waals surface area contributed by atoms with E-state index >= 15 is 0 Å². The van der Waals surface area contributed by atoms with Crippen LogP contribution in [0.5, 0.6) is 0 Å². The Morgan fingerprint density at radius 2 is 1.45 bits per heavy atom.